The first kappa shape index (κ1) is 16.8. The normalized spacial score (nSPS) is 13.3. The molecule has 0 amide bonds. The van der Waals surface area contributed by atoms with Crippen molar-refractivity contribution >= 4 is 0 Å². The van der Waals surface area contributed by atoms with Gasteiger partial charge >= 0.3 is 12.4 Å². The van der Waals surface area contributed by atoms with Crippen LogP contribution in [0.15, 0.2) is 0 Å². The van der Waals surface area contributed by atoms with Gasteiger partial charge in [0.1, 0.15) is 5.69 Å². The van der Waals surface area contributed by atoms with Crippen LogP contribution in [0.25, 0.3) is 0 Å². The fourth-order valence-corrected chi connectivity index (χ4v) is 1.90. The lowest BCUT2D eigenvalue weighted by Crippen LogP contribution is -2.27. The molecule has 1 aromatic heterocycles. The molecule has 20 heavy (non-hydrogen) atoms. The number of hydrogen-bond donors (Lipinski definition) is 2. The predicted octanol–water partition coefficient (Wildman–Crippen LogP) is 1.53. The molecule has 10 heteroatoms. The molecular weight excluding hydrogens is 290 g/mol. The molecule has 0 saturated heterocycles. The van der Waals surface area contributed by atoms with Crippen LogP contribution < -0.4 is 11.5 Å². The van der Waals surface area contributed by atoms with Crippen LogP contribution in [-0.4, -0.2) is 22.9 Å². The highest BCUT2D eigenvalue weighted by Crippen LogP contribution is 2.39. The number of aromatic nitrogens is 2. The Labute approximate surface area is 110 Å². The molecule has 0 atom stereocenters. The van der Waals surface area contributed by atoms with Gasteiger partial charge in [0, 0.05) is 12.6 Å². The van der Waals surface area contributed by atoms with E-state index in [1.807, 2.05) is 0 Å². The molecule has 0 fully saturated rings. The van der Waals surface area contributed by atoms with E-state index in [1.54, 1.807) is 0 Å². The van der Waals surface area contributed by atoms with Crippen molar-refractivity contribution < 1.29 is 26.3 Å². The summed E-state index contributed by atoms with van der Waals surface area (Å²) >= 11 is 0. The van der Waals surface area contributed by atoms with Crippen LogP contribution >= 0.6 is 0 Å². The molecule has 116 valence electrons. The molecule has 0 radical (unpaired) electrons. The Balaban J connectivity index is 3.42. The van der Waals surface area contributed by atoms with Crippen molar-refractivity contribution in [3.8, 4) is 0 Å². The van der Waals surface area contributed by atoms with Gasteiger partial charge in [0.25, 0.3) is 0 Å². The van der Waals surface area contributed by atoms with Crippen LogP contribution in [0, 0.1) is 5.92 Å². The first-order valence-corrected chi connectivity index (χ1v) is 5.62. The molecule has 0 bridgehead atoms. The summed E-state index contributed by atoms with van der Waals surface area (Å²) in [5.41, 5.74) is 6.70. The van der Waals surface area contributed by atoms with Crippen LogP contribution in [0.3, 0.4) is 0 Å². The maximum absolute atomic E-state index is 12.9. The van der Waals surface area contributed by atoms with Crippen molar-refractivity contribution in [3.05, 3.63) is 17.0 Å². The van der Waals surface area contributed by atoms with Crippen LogP contribution in [0.4, 0.5) is 26.3 Å². The van der Waals surface area contributed by atoms with Crippen molar-refractivity contribution in [1.82, 2.24) is 9.78 Å². The largest absolute Gasteiger partial charge is 0.435 e. The summed E-state index contributed by atoms with van der Waals surface area (Å²) in [7, 11) is 0.821. The zero-order chi connectivity index (χ0) is 15.7. The fraction of sp³-hybridized carbons (Fsp3) is 0.700. The summed E-state index contributed by atoms with van der Waals surface area (Å²) in [4.78, 5) is 0. The number of halogens is 6. The summed E-state index contributed by atoms with van der Waals surface area (Å²) in [6, 6.07) is 0. The Morgan fingerprint density at radius 2 is 1.55 bits per heavy atom. The minimum atomic E-state index is -4.97. The third-order valence-electron chi connectivity index (χ3n) is 2.84. The topological polar surface area (TPSA) is 69.9 Å². The van der Waals surface area contributed by atoms with Gasteiger partial charge in [0.05, 0.1) is 0 Å². The minimum Gasteiger partial charge on any atom is -0.330 e. The van der Waals surface area contributed by atoms with E-state index in [-0.39, 0.29) is 17.8 Å². The van der Waals surface area contributed by atoms with Crippen LogP contribution in [-0.2, 0) is 25.8 Å². The van der Waals surface area contributed by atoms with Gasteiger partial charge < -0.3 is 11.5 Å². The van der Waals surface area contributed by atoms with E-state index >= 15 is 0 Å². The van der Waals surface area contributed by atoms with E-state index in [4.69, 9.17) is 11.5 Å². The molecule has 0 saturated carbocycles. The van der Waals surface area contributed by atoms with Gasteiger partial charge in [-0.15, -0.1) is 0 Å². The summed E-state index contributed by atoms with van der Waals surface area (Å²) in [6.07, 6.45) is -10.4. The maximum Gasteiger partial charge on any atom is 0.435 e. The third kappa shape index (κ3) is 3.42. The Morgan fingerprint density at radius 1 is 1.05 bits per heavy atom. The first-order valence-electron chi connectivity index (χ1n) is 5.62. The van der Waals surface area contributed by atoms with E-state index in [0.29, 0.717) is 0 Å². The minimum absolute atomic E-state index is 0.111. The van der Waals surface area contributed by atoms with Gasteiger partial charge in [-0.1, -0.05) is 0 Å². The molecule has 0 aliphatic rings. The summed E-state index contributed by atoms with van der Waals surface area (Å²) in [5.74, 6) is -0.679. The Morgan fingerprint density at radius 3 is 1.90 bits per heavy atom. The zero-order valence-electron chi connectivity index (χ0n) is 10.5. The van der Waals surface area contributed by atoms with Gasteiger partial charge in [-0.3, -0.25) is 4.68 Å². The van der Waals surface area contributed by atoms with Crippen molar-refractivity contribution in [3.63, 3.8) is 0 Å². The van der Waals surface area contributed by atoms with Crippen molar-refractivity contribution in [2.24, 2.45) is 24.4 Å². The first-order chi connectivity index (χ1) is 9.02. The van der Waals surface area contributed by atoms with Crippen molar-refractivity contribution in [2.75, 3.05) is 13.1 Å². The molecule has 1 heterocycles. The highest BCUT2D eigenvalue weighted by molar-refractivity contribution is 5.31. The molecule has 1 rings (SSSR count). The summed E-state index contributed by atoms with van der Waals surface area (Å²) < 4.78 is 77.2. The van der Waals surface area contributed by atoms with E-state index < -0.39 is 41.6 Å². The standard InChI is InChI=1S/C10H14F6N4/c1-20-8(10(14,15)16)6(2-5(3-17)4-18)7(19-20)9(11,12)13/h5H,2-4,17-18H2,1H3. The van der Waals surface area contributed by atoms with Gasteiger partial charge in [-0.25, -0.2) is 0 Å². The van der Waals surface area contributed by atoms with Crippen LogP contribution in [0.1, 0.15) is 17.0 Å². The SMILES string of the molecule is Cn1nc(C(F)(F)F)c(CC(CN)CN)c1C(F)(F)F. The van der Waals surface area contributed by atoms with Crippen LogP contribution in [0.5, 0.6) is 0 Å². The van der Waals surface area contributed by atoms with Gasteiger partial charge in [-0.2, -0.15) is 31.4 Å². The zero-order valence-corrected chi connectivity index (χ0v) is 10.5. The van der Waals surface area contributed by atoms with Crippen molar-refractivity contribution in [1.29, 1.82) is 0 Å². The van der Waals surface area contributed by atoms with E-state index in [2.05, 4.69) is 5.10 Å². The lowest BCUT2D eigenvalue weighted by Gasteiger charge is -2.16. The Bertz CT molecular complexity index is 458. The molecule has 0 aromatic carbocycles. The monoisotopic (exact) mass is 304 g/mol. The smallest absolute Gasteiger partial charge is 0.330 e. The quantitative estimate of drug-likeness (QED) is 0.829. The number of aryl methyl sites for hydroxylation is 1. The number of rotatable bonds is 4. The lowest BCUT2D eigenvalue weighted by molar-refractivity contribution is -0.145. The summed E-state index contributed by atoms with van der Waals surface area (Å²) in [6.45, 7) is -0.222. The Kier molecular flexibility index (Phi) is 4.70. The molecule has 4 nitrogen and oxygen atoms in total. The number of alkyl halides is 6. The van der Waals surface area contributed by atoms with E-state index in [0.717, 1.165) is 7.05 Å². The predicted molar refractivity (Wildman–Crippen MR) is 58.5 cm³/mol. The summed E-state index contributed by atoms with van der Waals surface area (Å²) in [5, 5.41) is 2.96. The second kappa shape index (κ2) is 5.60. The van der Waals surface area contributed by atoms with Crippen molar-refractivity contribution in [2.45, 2.75) is 18.8 Å². The molecule has 4 N–H and O–H groups in total. The van der Waals surface area contributed by atoms with E-state index in [1.165, 1.54) is 0 Å². The molecule has 0 spiro atoms. The molecular formula is C10H14F6N4. The Hall–Kier alpha value is -1.29. The molecule has 1 aromatic rings. The number of hydrogen-bond acceptors (Lipinski definition) is 3. The fourth-order valence-electron chi connectivity index (χ4n) is 1.90. The van der Waals surface area contributed by atoms with Gasteiger partial charge in [0.15, 0.2) is 5.69 Å². The highest BCUT2D eigenvalue weighted by Gasteiger charge is 2.45. The second-order valence-electron chi connectivity index (χ2n) is 4.34. The number of nitrogens with two attached hydrogens (primary N) is 2. The third-order valence-corrected chi connectivity index (χ3v) is 2.84. The molecule has 0 aliphatic heterocycles. The second-order valence-corrected chi connectivity index (χ2v) is 4.34. The van der Waals surface area contributed by atoms with Crippen LogP contribution in [0.2, 0.25) is 0 Å². The van der Waals surface area contributed by atoms with E-state index in [9.17, 15) is 26.3 Å². The average Bonchev–Trinajstić information content (AvgIpc) is 2.62. The van der Waals surface area contributed by atoms with Gasteiger partial charge in [0.2, 0.25) is 0 Å². The molecule has 0 unspecified atom stereocenters. The average molecular weight is 304 g/mol. The maximum atomic E-state index is 12.9. The van der Waals surface area contributed by atoms with Gasteiger partial charge in [-0.05, 0) is 25.4 Å². The molecule has 0 aliphatic carbocycles. The lowest BCUT2D eigenvalue weighted by atomic mass is 9.97. The highest BCUT2D eigenvalue weighted by atomic mass is 19.4. The number of nitrogens with zero attached hydrogens (tertiary/aromatic N) is 2.